The molecule has 0 fully saturated rings. The van der Waals surface area contributed by atoms with Gasteiger partial charge in [0, 0.05) is 19.3 Å². The number of nitrogens with zero attached hydrogens (tertiary/aromatic N) is 3. The summed E-state index contributed by atoms with van der Waals surface area (Å²) >= 11 is 0. The molecule has 0 radical (unpaired) electrons. The number of hydrogen-bond acceptors (Lipinski definition) is 3. The van der Waals surface area contributed by atoms with Gasteiger partial charge in [-0.1, -0.05) is 18.2 Å². The number of aryl methyl sites for hydroxylation is 2. The van der Waals surface area contributed by atoms with Crippen LogP contribution in [0.1, 0.15) is 22.9 Å². The summed E-state index contributed by atoms with van der Waals surface area (Å²) in [5.74, 6) is -1.21. The van der Waals surface area contributed by atoms with E-state index < -0.39 is 11.9 Å². The van der Waals surface area contributed by atoms with Crippen LogP contribution < -0.4 is 4.90 Å². The number of benzene rings is 1. The van der Waals surface area contributed by atoms with Crippen LogP contribution in [0, 0.1) is 6.92 Å². The lowest BCUT2D eigenvalue weighted by atomic mass is 10.0. The zero-order valence-electron chi connectivity index (χ0n) is 11.6. The minimum atomic E-state index is -0.763. The molecule has 2 heterocycles. The van der Waals surface area contributed by atoms with Crippen molar-refractivity contribution in [3.63, 3.8) is 0 Å². The number of carboxylic acids is 1. The number of aromatic nitrogens is 2. The molecule has 3 rings (SSSR count). The van der Waals surface area contributed by atoms with Crippen LogP contribution in [0.4, 0.5) is 5.69 Å². The molecule has 0 amide bonds. The maximum absolute atomic E-state index is 11.4. The molecule has 104 valence electrons. The molecule has 1 aliphatic heterocycles. The van der Waals surface area contributed by atoms with Crippen molar-refractivity contribution in [3.8, 4) is 0 Å². The fourth-order valence-electron chi connectivity index (χ4n) is 2.86. The number of fused-ring (bicyclic) bond motifs is 1. The Labute approximate surface area is 117 Å². The quantitative estimate of drug-likeness (QED) is 0.926. The van der Waals surface area contributed by atoms with E-state index in [1.165, 1.54) is 0 Å². The molecule has 2 aromatic rings. The molecule has 20 heavy (non-hydrogen) atoms. The van der Waals surface area contributed by atoms with Crippen LogP contribution in [0.5, 0.6) is 0 Å². The van der Waals surface area contributed by atoms with Crippen LogP contribution in [0.25, 0.3) is 0 Å². The molecule has 1 aromatic carbocycles. The van der Waals surface area contributed by atoms with Crippen molar-refractivity contribution < 1.29 is 9.90 Å². The molecule has 1 atom stereocenters. The van der Waals surface area contributed by atoms with E-state index in [-0.39, 0.29) is 0 Å². The van der Waals surface area contributed by atoms with E-state index in [1.807, 2.05) is 49.0 Å². The Morgan fingerprint density at radius 3 is 2.85 bits per heavy atom. The molecule has 0 spiro atoms. The molecular formula is C15H17N3O2. The molecule has 1 aromatic heterocycles. The summed E-state index contributed by atoms with van der Waals surface area (Å²) in [7, 11) is 1.92. The average Bonchev–Trinajstić information content (AvgIpc) is 2.92. The molecular weight excluding hydrogens is 254 g/mol. The smallest absolute Gasteiger partial charge is 0.312 e. The van der Waals surface area contributed by atoms with Gasteiger partial charge in [-0.2, -0.15) is 5.10 Å². The van der Waals surface area contributed by atoms with Gasteiger partial charge < -0.3 is 10.0 Å². The number of para-hydroxylation sites is 1. The summed E-state index contributed by atoms with van der Waals surface area (Å²) in [4.78, 5) is 13.5. The van der Waals surface area contributed by atoms with E-state index in [4.69, 9.17) is 0 Å². The van der Waals surface area contributed by atoms with Crippen LogP contribution in [-0.2, 0) is 18.4 Å². The first kappa shape index (κ1) is 12.7. The maximum Gasteiger partial charge on any atom is 0.312 e. The van der Waals surface area contributed by atoms with Gasteiger partial charge in [0.2, 0.25) is 0 Å². The Kier molecular flexibility index (Phi) is 2.97. The second-order valence-electron chi connectivity index (χ2n) is 5.23. The predicted octanol–water partition coefficient (Wildman–Crippen LogP) is 1.92. The molecule has 5 nitrogen and oxygen atoms in total. The molecule has 1 unspecified atom stereocenters. The van der Waals surface area contributed by atoms with Crippen molar-refractivity contribution in [2.24, 2.45) is 7.05 Å². The first-order valence-corrected chi connectivity index (χ1v) is 6.62. The number of carboxylic acid groups (broad SMARTS) is 1. The van der Waals surface area contributed by atoms with Gasteiger partial charge in [-0.15, -0.1) is 0 Å². The fraction of sp³-hybridized carbons (Fsp3) is 0.333. The van der Waals surface area contributed by atoms with Gasteiger partial charge in [-0.25, -0.2) is 0 Å². The van der Waals surface area contributed by atoms with Crippen molar-refractivity contribution in [1.29, 1.82) is 0 Å². The molecule has 0 saturated carbocycles. The number of aliphatic carboxylic acids is 1. The third kappa shape index (κ3) is 2.05. The standard InChI is InChI=1S/C15H17N3O2/c1-10-7-11(17(2)16-10)8-18-9-13(15(19)20)12-5-3-4-6-14(12)18/h3-7,13H,8-9H2,1-2H3,(H,19,20). The van der Waals surface area contributed by atoms with Crippen molar-refractivity contribution in [3.05, 3.63) is 47.3 Å². The largest absolute Gasteiger partial charge is 0.481 e. The lowest BCUT2D eigenvalue weighted by molar-refractivity contribution is -0.138. The second kappa shape index (κ2) is 4.67. The van der Waals surface area contributed by atoms with Crippen LogP contribution >= 0.6 is 0 Å². The van der Waals surface area contributed by atoms with Gasteiger partial charge in [0.25, 0.3) is 0 Å². The average molecular weight is 271 g/mol. The second-order valence-corrected chi connectivity index (χ2v) is 5.23. The van der Waals surface area contributed by atoms with Gasteiger partial charge in [0.15, 0.2) is 0 Å². The minimum Gasteiger partial charge on any atom is -0.481 e. The van der Waals surface area contributed by atoms with Crippen molar-refractivity contribution in [2.45, 2.75) is 19.4 Å². The van der Waals surface area contributed by atoms with E-state index in [2.05, 4.69) is 10.00 Å². The van der Waals surface area contributed by atoms with Crippen LogP contribution in [0.2, 0.25) is 0 Å². The monoisotopic (exact) mass is 271 g/mol. The van der Waals surface area contributed by atoms with Crippen LogP contribution in [0.3, 0.4) is 0 Å². The lowest BCUT2D eigenvalue weighted by Gasteiger charge is -2.19. The van der Waals surface area contributed by atoms with Crippen molar-refractivity contribution in [1.82, 2.24) is 9.78 Å². The summed E-state index contributed by atoms with van der Waals surface area (Å²) in [5, 5.41) is 13.7. The summed E-state index contributed by atoms with van der Waals surface area (Å²) in [5.41, 5.74) is 3.98. The molecule has 0 aliphatic carbocycles. The SMILES string of the molecule is Cc1cc(CN2CC(C(=O)O)c3ccccc32)n(C)n1. The zero-order chi connectivity index (χ0) is 14.3. The van der Waals surface area contributed by atoms with Gasteiger partial charge in [-0.05, 0) is 24.6 Å². The van der Waals surface area contributed by atoms with Crippen LogP contribution in [-0.4, -0.2) is 27.4 Å². The van der Waals surface area contributed by atoms with Gasteiger partial charge in [0.1, 0.15) is 5.92 Å². The first-order valence-electron chi connectivity index (χ1n) is 6.62. The van der Waals surface area contributed by atoms with Crippen molar-refractivity contribution in [2.75, 3.05) is 11.4 Å². The first-order chi connectivity index (χ1) is 9.56. The summed E-state index contributed by atoms with van der Waals surface area (Å²) in [6.45, 7) is 3.15. The molecule has 0 saturated heterocycles. The number of carbonyl (C=O) groups is 1. The molecule has 1 aliphatic rings. The van der Waals surface area contributed by atoms with Gasteiger partial charge in [0.05, 0.1) is 17.9 Å². The predicted molar refractivity (Wildman–Crippen MR) is 75.8 cm³/mol. The maximum atomic E-state index is 11.4. The third-order valence-electron chi connectivity index (χ3n) is 3.81. The van der Waals surface area contributed by atoms with Crippen LogP contribution in [0.15, 0.2) is 30.3 Å². The van der Waals surface area contributed by atoms with Crippen molar-refractivity contribution >= 4 is 11.7 Å². The van der Waals surface area contributed by atoms with E-state index in [1.54, 1.807) is 0 Å². The minimum absolute atomic E-state index is 0.444. The zero-order valence-corrected chi connectivity index (χ0v) is 11.6. The summed E-state index contributed by atoms with van der Waals surface area (Å²) < 4.78 is 1.85. The summed E-state index contributed by atoms with van der Waals surface area (Å²) in [6, 6.07) is 9.78. The van der Waals surface area contributed by atoms with E-state index in [9.17, 15) is 9.90 Å². The third-order valence-corrected chi connectivity index (χ3v) is 3.81. The Bertz CT molecular complexity index is 663. The Balaban J connectivity index is 1.92. The molecule has 5 heteroatoms. The Morgan fingerprint density at radius 2 is 2.20 bits per heavy atom. The normalized spacial score (nSPS) is 17.3. The van der Waals surface area contributed by atoms with Gasteiger partial charge in [-0.3, -0.25) is 9.48 Å². The highest BCUT2D eigenvalue weighted by Crippen LogP contribution is 2.37. The Hall–Kier alpha value is -2.30. The number of hydrogen-bond donors (Lipinski definition) is 1. The van der Waals surface area contributed by atoms with Gasteiger partial charge >= 0.3 is 5.97 Å². The summed E-state index contributed by atoms with van der Waals surface area (Å²) in [6.07, 6.45) is 0. The Morgan fingerprint density at radius 1 is 1.45 bits per heavy atom. The molecule has 1 N–H and O–H groups in total. The topological polar surface area (TPSA) is 58.4 Å². The highest BCUT2D eigenvalue weighted by Gasteiger charge is 2.33. The number of rotatable bonds is 3. The fourth-order valence-corrected chi connectivity index (χ4v) is 2.86. The highest BCUT2D eigenvalue weighted by atomic mass is 16.4. The van der Waals surface area contributed by atoms with E-state index in [0.717, 1.165) is 22.6 Å². The molecule has 0 bridgehead atoms. The lowest BCUT2D eigenvalue weighted by Crippen LogP contribution is -2.25. The number of anilines is 1. The van der Waals surface area contributed by atoms with E-state index in [0.29, 0.717) is 13.1 Å². The highest BCUT2D eigenvalue weighted by molar-refractivity contribution is 5.82. The van der Waals surface area contributed by atoms with E-state index >= 15 is 0 Å².